The highest BCUT2D eigenvalue weighted by atomic mass is 16.5. The first-order valence-corrected chi connectivity index (χ1v) is 9.67. The molecule has 5 heteroatoms. The van der Waals surface area contributed by atoms with Gasteiger partial charge in [0.15, 0.2) is 0 Å². The summed E-state index contributed by atoms with van der Waals surface area (Å²) in [5.74, 6) is -0.120. The van der Waals surface area contributed by atoms with E-state index in [9.17, 15) is 4.79 Å². The van der Waals surface area contributed by atoms with E-state index >= 15 is 0 Å². The first-order chi connectivity index (χ1) is 13.6. The molecule has 146 valence electrons. The Balaban J connectivity index is 1.85. The molecule has 0 aliphatic heterocycles. The summed E-state index contributed by atoms with van der Waals surface area (Å²) in [6.45, 7) is 7.24. The van der Waals surface area contributed by atoms with E-state index < -0.39 is 0 Å². The molecular weight excluding hydrogens is 350 g/mol. The maximum absolute atomic E-state index is 12.9. The second kappa shape index (κ2) is 9.33. The van der Waals surface area contributed by atoms with Gasteiger partial charge < -0.3 is 10.1 Å². The van der Waals surface area contributed by atoms with E-state index in [2.05, 4.69) is 5.32 Å². The lowest BCUT2D eigenvalue weighted by Gasteiger charge is -2.09. The molecule has 0 unspecified atom stereocenters. The molecule has 1 aromatic heterocycles. The van der Waals surface area contributed by atoms with Gasteiger partial charge in [0.25, 0.3) is 5.91 Å². The topological polar surface area (TPSA) is 56.2 Å². The zero-order chi connectivity index (χ0) is 19.9. The molecule has 0 saturated carbocycles. The molecule has 2 aromatic carbocycles. The van der Waals surface area contributed by atoms with E-state index in [1.165, 1.54) is 0 Å². The maximum Gasteiger partial charge on any atom is 0.255 e. The third-order valence-corrected chi connectivity index (χ3v) is 4.44. The molecule has 1 N–H and O–H groups in total. The fourth-order valence-electron chi connectivity index (χ4n) is 2.98. The van der Waals surface area contributed by atoms with Crippen molar-refractivity contribution in [1.29, 1.82) is 0 Å². The van der Waals surface area contributed by atoms with Crippen molar-refractivity contribution in [3.8, 4) is 16.9 Å². The molecule has 0 fully saturated rings. The Morgan fingerprint density at radius 3 is 2.54 bits per heavy atom. The van der Waals surface area contributed by atoms with Crippen LogP contribution in [0.3, 0.4) is 0 Å². The number of para-hydroxylation sites is 1. The molecular formula is C23H27N3O2. The smallest absolute Gasteiger partial charge is 0.255 e. The van der Waals surface area contributed by atoms with Gasteiger partial charge in [-0.25, -0.2) is 4.68 Å². The first-order valence-electron chi connectivity index (χ1n) is 9.67. The van der Waals surface area contributed by atoms with Crippen molar-refractivity contribution in [2.75, 3.05) is 13.2 Å². The molecule has 1 heterocycles. The number of benzene rings is 2. The number of rotatable bonds is 8. The third-order valence-electron chi connectivity index (χ3n) is 4.44. The predicted molar refractivity (Wildman–Crippen MR) is 112 cm³/mol. The van der Waals surface area contributed by atoms with Gasteiger partial charge in [-0.1, -0.05) is 42.5 Å². The molecule has 0 bridgehead atoms. The summed E-state index contributed by atoms with van der Waals surface area (Å²) < 4.78 is 7.29. The minimum atomic E-state index is -0.120. The second-order valence-corrected chi connectivity index (χ2v) is 7.02. The number of carbonyl (C=O) groups excluding carboxylic acids is 1. The van der Waals surface area contributed by atoms with E-state index in [0.29, 0.717) is 24.4 Å². The quantitative estimate of drug-likeness (QED) is 0.592. The van der Waals surface area contributed by atoms with Gasteiger partial charge in [-0.05, 0) is 44.9 Å². The average Bonchev–Trinajstić information content (AvgIpc) is 3.14. The van der Waals surface area contributed by atoms with Crippen molar-refractivity contribution < 1.29 is 9.53 Å². The molecule has 3 aromatic rings. The SMILES string of the molecule is Cc1ccccc1-c1nn(-c2ccccc2)cc1C(=O)NCCCOC(C)C. The van der Waals surface area contributed by atoms with Crippen LogP contribution in [-0.4, -0.2) is 34.9 Å². The third kappa shape index (κ3) is 4.87. The minimum Gasteiger partial charge on any atom is -0.379 e. The average molecular weight is 377 g/mol. The molecule has 1 amide bonds. The number of ether oxygens (including phenoxy) is 1. The molecule has 0 spiro atoms. The zero-order valence-corrected chi connectivity index (χ0v) is 16.7. The van der Waals surface area contributed by atoms with Crippen LogP contribution in [0.2, 0.25) is 0 Å². The van der Waals surface area contributed by atoms with Crippen molar-refractivity contribution in [2.24, 2.45) is 0 Å². The van der Waals surface area contributed by atoms with Gasteiger partial charge in [0.1, 0.15) is 5.69 Å². The Kier molecular flexibility index (Phi) is 6.61. The van der Waals surface area contributed by atoms with E-state index in [1.54, 1.807) is 10.9 Å². The van der Waals surface area contributed by atoms with Crippen LogP contribution in [0.5, 0.6) is 0 Å². The van der Waals surface area contributed by atoms with Crippen LogP contribution in [0.4, 0.5) is 0 Å². The number of nitrogens with zero attached hydrogens (tertiary/aromatic N) is 2. The van der Waals surface area contributed by atoms with Gasteiger partial charge in [0.2, 0.25) is 0 Å². The highest BCUT2D eigenvalue weighted by molar-refractivity contribution is 6.00. The number of hydrogen-bond acceptors (Lipinski definition) is 3. The summed E-state index contributed by atoms with van der Waals surface area (Å²) >= 11 is 0. The number of aromatic nitrogens is 2. The molecule has 0 radical (unpaired) electrons. The molecule has 0 atom stereocenters. The van der Waals surface area contributed by atoms with Gasteiger partial charge in [0.05, 0.1) is 17.4 Å². The van der Waals surface area contributed by atoms with E-state index in [1.807, 2.05) is 75.4 Å². The fourth-order valence-corrected chi connectivity index (χ4v) is 2.98. The second-order valence-electron chi connectivity index (χ2n) is 7.02. The molecule has 0 saturated heterocycles. The Morgan fingerprint density at radius 1 is 1.11 bits per heavy atom. The maximum atomic E-state index is 12.9. The molecule has 3 rings (SSSR count). The Morgan fingerprint density at radius 2 is 1.82 bits per heavy atom. The number of amides is 1. The molecule has 0 aliphatic rings. The van der Waals surface area contributed by atoms with Crippen molar-refractivity contribution in [2.45, 2.75) is 33.3 Å². The van der Waals surface area contributed by atoms with Gasteiger partial charge in [0, 0.05) is 24.9 Å². The van der Waals surface area contributed by atoms with Gasteiger partial charge >= 0.3 is 0 Å². The summed E-state index contributed by atoms with van der Waals surface area (Å²) in [4.78, 5) is 12.9. The summed E-state index contributed by atoms with van der Waals surface area (Å²) in [7, 11) is 0. The number of aryl methyl sites for hydroxylation is 1. The van der Waals surface area contributed by atoms with Crippen molar-refractivity contribution in [3.05, 3.63) is 71.9 Å². The number of nitrogens with one attached hydrogen (secondary N) is 1. The van der Waals surface area contributed by atoms with Crippen LogP contribution in [-0.2, 0) is 4.74 Å². The number of hydrogen-bond donors (Lipinski definition) is 1. The monoisotopic (exact) mass is 377 g/mol. The van der Waals surface area contributed by atoms with Crippen LogP contribution in [0.25, 0.3) is 16.9 Å². The Labute approximate surface area is 166 Å². The van der Waals surface area contributed by atoms with Crippen molar-refractivity contribution in [1.82, 2.24) is 15.1 Å². The minimum absolute atomic E-state index is 0.120. The van der Waals surface area contributed by atoms with E-state index in [-0.39, 0.29) is 12.0 Å². The Hall–Kier alpha value is -2.92. The first kappa shape index (κ1) is 19.8. The summed E-state index contributed by atoms with van der Waals surface area (Å²) in [6.07, 6.45) is 2.78. The molecule has 5 nitrogen and oxygen atoms in total. The van der Waals surface area contributed by atoms with Crippen LogP contribution < -0.4 is 5.32 Å². The van der Waals surface area contributed by atoms with E-state index in [4.69, 9.17) is 9.84 Å². The summed E-state index contributed by atoms with van der Waals surface area (Å²) in [5, 5.41) is 7.73. The van der Waals surface area contributed by atoms with Gasteiger partial charge in [-0.3, -0.25) is 4.79 Å². The largest absolute Gasteiger partial charge is 0.379 e. The standard InChI is InChI=1S/C23H27N3O2/c1-17(2)28-15-9-14-24-23(27)21-16-26(19-11-5-4-6-12-19)25-22(21)20-13-8-7-10-18(20)3/h4-8,10-13,16-17H,9,14-15H2,1-3H3,(H,24,27). The fraction of sp³-hybridized carbons (Fsp3) is 0.304. The summed E-state index contributed by atoms with van der Waals surface area (Å²) in [5.41, 5.74) is 4.23. The van der Waals surface area contributed by atoms with Crippen LogP contribution in [0, 0.1) is 6.92 Å². The normalized spacial score (nSPS) is 11.0. The highest BCUT2D eigenvalue weighted by Gasteiger charge is 2.19. The number of carbonyl (C=O) groups is 1. The van der Waals surface area contributed by atoms with Crippen LogP contribution in [0.15, 0.2) is 60.8 Å². The van der Waals surface area contributed by atoms with Gasteiger partial charge in [-0.2, -0.15) is 5.10 Å². The van der Waals surface area contributed by atoms with Crippen molar-refractivity contribution in [3.63, 3.8) is 0 Å². The highest BCUT2D eigenvalue weighted by Crippen LogP contribution is 2.26. The lowest BCUT2D eigenvalue weighted by molar-refractivity contribution is 0.0757. The predicted octanol–water partition coefficient (Wildman–Crippen LogP) is 4.39. The lowest BCUT2D eigenvalue weighted by Crippen LogP contribution is -2.25. The molecule has 28 heavy (non-hydrogen) atoms. The van der Waals surface area contributed by atoms with Crippen LogP contribution in [0.1, 0.15) is 36.2 Å². The van der Waals surface area contributed by atoms with Gasteiger partial charge in [-0.15, -0.1) is 0 Å². The van der Waals surface area contributed by atoms with E-state index in [0.717, 1.165) is 23.2 Å². The lowest BCUT2D eigenvalue weighted by atomic mass is 10.0. The Bertz CT molecular complexity index is 917. The summed E-state index contributed by atoms with van der Waals surface area (Å²) in [6, 6.07) is 17.8. The van der Waals surface area contributed by atoms with Crippen molar-refractivity contribution >= 4 is 5.91 Å². The molecule has 0 aliphatic carbocycles. The zero-order valence-electron chi connectivity index (χ0n) is 16.7. The van der Waals surface area contributed by atoms with Crippen LogP contribution >= 0.6 is 0 Å².